The van der Waals surface area contributed by atoms with Crippen LogP contribution >= 0.6 is 0 Å². The topological polar surface area (TPSA) is 50.7 Å². The number of methoxy groups -OCH3 is 1. The molecule has 4 heteroatoms. The summed E-state index contributed by atoms with van der Waals surface area (Å²) < 4.78 is 5.18. The average Bonchev–Trinajstić information content (AvgIpc) is 2.39. The molecule has 18 heavy (non-hydrogen) atoms. The summed E-state index contributed by atoms with van der Waals surface area (Å²) in [5, 5.41) is 3.92. The third-order valence-corrected chi connectivity index (χ3v) is 2.54. The van der Waals surface area contributed by atoms with E-state index >= 15 is 0 Å². The molecule has 0 spiro atoms. The Morgan fingerprint density at radius 3 is 2.89 bits per heavy atom. The van der Waals surface area contributed by atoms with Crippen molar-refractivity contribution in [2.45, 2.75) is 32.6 Å². The number of nitrogens with zero attached hydrogens (tertiary/aromatic N) is 1. The van der Waals surface area contributed by atoms with Gasteiger partial charge in [-0.1, -0.05) is 31.9 Å². The Hall–Kier alpha value is -1.84. The van der Waals surface area contributed by atoms with Gasteiger partial charge in [-0.3, -0.25) is 4.79 Å². The van der Waals surface area contributed by atoms with E-state index in [1.807, 2.05) is 24.3 Å². The van der Waals surface area contributed by atoms with Crippen LogP contribution in [0.5, 0.6) is 5.75 Å². The van der Waals surface area contributed by atoms with E-state index in [0.717, 1.165) is 30.6 Å². The number of amides is 1. The highest BCUT2D eigenvalue weighted by atomic mass is 16.5. The molecule has 0 aromatic heterocycles. The molecule has 0 heterocycles. The van der Waals surface area contributed by atoms with Gasteiger partial charge in [-0.15, -0.1) is 0 Å². The molecule has 1 N–H and O–H groups in total. The maximum atomic E-state index is 11.4. The number of hydrazone groups is 1. The molecule has 1 rings (SSSR count). The number of benzene rings is 1. The number of ether oxygens (including phenoxy) is 1. The van der Waals surface area contributed by atoms with Crippen molar-refractivity contribution in [2.75, 3.05) is 7.11 Å². The number of carbonyl (C=O) groups excluding carboxylic acids is 1. The molecule has 1 aromatic rings. The summed E-state index contributed by atoms with van der Waals surface area (Å²) >= 11 is 0. The molecule has 0 saturated heterocycles. The fraction of sp³-hybridized carbons (Fsp3) is 0.429. The zero-order valence-electron chi connectivity index (χ0n) is 11.0. The fourth-order valence-electron chi connectivity index (χ4n) is 1.54. The first kappa shape index (κ1) is 14.2. The van der Waals surface area contributed by atoms with Gasteiger partial charge >= 0.3 is 0 Å². The first-order valence-electron chi connectivity index (χ1n) is 6.22. The van der Waals surface area contributed by atoms with Crippen molar-refractivity contribution in [3.8, 4) is 5.75 Å². The number of carbonyl (C=O) groups is 1. The quantitative estimate of drug-likeness (QED) is 0.458. The van der Waals surface area contributed by atoms with Gasteiger partial charge in [0.15, 0.2) is 0 Å². The van der Waals surface area contributed by atoms with E-state index in [9.17, 15) is 4.79 Å². The SMILES string of the molecule is CCCCCC(=O)N/N=C/c1ccccc1OC. The Balaban J connectivity index is 2.42. The third kappa shape index (κ3) is 4.99. The third-order valence-electron chi connectivity index (χ3n) is 2.54. The van der Waals surface area contributed by atoms with Crippen molar-refractivity contribution < 1.29 is 9.53 Å². The van der Waals surface area contributed by atoms with Crippen molar-refractivity contribution in [2.24, 2.45) is 5.10 Å². The number of unbranched alkanes of at least 4 members (excludes halogenated alkanes) is 2. The number of hydrogen-bond acceptors (Lipinski definition) is 3. The van der Waals surface area contributed by atoms with Gasteiger partial charge in [0, 0.05) is 12.0 Å². The lowest BCUT2D eigenvalue weighted by Crippen LogP contribution is -2.16. The molecule has 0 unspecified atom stereocenters. The van der Waals surface area contributed by atoms with Gasteiger partial charge in [0.1, 0.15) is 5.75 Å². The van der Waals surface area contributed by atoms with Crippen LogP contribution in [0.1, 0.15) is 38.2 Å². The zero-order chi connectivity index (χ0) is 13.2. The molecule has 0 saturated carbocycles. The number of para-hydroxylation sites is 1. The molecule has 1 aromatic carbocycles. The normalized spacial score (nSPS) is 10.6. The van der Waals surface area contributed by atoms with Gasteiger partial charge in [0.25, 0.3) is 0 Å². The van der Waals surface area contributed by atoms with Crippen LogP contribution in [-0.2, 0) is 4.79 Å². The molecule has 0 bridgehead atoms. The van der Waals surface area contributed by atoms with E-state index in [2.05, 4.69) is 17.5 Å². The van der Waals surface area contributed by atoms with Crippen LogP contribution in [0.4, 0.5) is 0 Å². The van der Waals surface area contributed by atoms with E-state index in [0.29, 0.717) is 6.42 Å². The molecule has 0 radical (unpaired) electrons. The van der Waals surface area contributed by atoms with E-state index < -0.39 is 0 Å². The smallest absolute Gasteiger partial charge is 0.240 e. The van der Waals surface area contributed by atoms with Gasteiger partial charge in [0.05, 0.1) is 13.3 Å². The molecule has 0 fully saturated rings. The van der Waals surface area contributed by atoms with Gasteiger partial charge in [0.2, 0.25) is 5.91 Å². The minimum Gasteiger partial charge on any atom is -0.496 e. The number of rotatable bonds is 7. The predicted octanol–water partition coefficient (Wildman–Crippen LogP) is 2.73. The van der Waals surface area contributed by atoms with E-state index in [-0.39, 0.29) is 5.91 Å². The lowest BCUT2D eigenvalue weighted by Gasteiger charge is -2.03. The molecular weight excluding hydrogens is 228 g/mol. The Bertz CT molecular complexity index is 403. The Labute approximate surface area is 108 Å². The van der Waals surface area contributed by atoms with Crippen molar-refractivity contribution in [1.82, 2.24) is 5.43 Å². The largest absolute Gasteiger partial charge is 0.496 e. The highest BCUT2D eigenvalue weighted by molar-refractivity contribution is 5.85. The van der Waals surface area contributed by atoms with Crippen LogP contribution in [0, 0.1) is 0 Å². The second kappa shape index (κ2) is 8.28. The summed E-state index contributed by atoms with van der Waals surface area (Å²) in [5.41, 5.74) is 3.36. The van der Waals surface area contributed by atoms with E-state index in [4.69, 9.17) is 4.74 Å². The molecule has 0 atom stereocenters. The minimum atomic E-state index is -0.0467. The van der Waals surface area contributed by atoms with Crippen LogP contribution in [0.2, 0.25) is 0 Å². The summed E-state index contributed by atoms with van der Waals surface area (Å²) in [5.74, 6) is 0.691. The fourth-order valence-corrected chi connectivity index (χ4v) is 1.54. The molecule has 0 aliphatic rings. The molecule has 0 aliphatic carbocycles. The maximum absolute atomic E-state index is 11.4. The Morgan fingerprint density at radius 1 is 1.39 bits per heavy atom. The zero-order valence-corrected chi connectivity index (χ0v) is 11.0. The Morgan fingerprint density at radius 2 is 2.17 bits per heavy atom. The lowest BCUT2D eigenvalue weighted by molar-refractivity contribution is -0.121. The van der Waals surface area contributed by atoms with Crippen LogP contribution in [-0.4, -0.2) is 19.2 Å². The molecule has 1 amide bonds. The van der Waals surface area contributed by atoms with Gasteiger partial charge < -0.3 is 4.74 Å². The number of nitrogens with one attached hydrogen (secondary N) is 1. The molecule has 0 aliphatic heterocycles. The summed E-state index contributed by atoms with van der Waals surface area (Å²) in [6.45, 7) is 2.11. The van der Waals surface area contributed by atoms with Crippen LogP contribution in [0.15, 0.2) is 29.4 Å². The monoisotopic (exact) mass is 248 g/mol. The van der Waals surface area contributed by atoms with Gasteiger partial charge in [-0.05, 0) is 18.6 Å². The van der Waals surface area contributed by atoms with E-state index in [1.54, 1.807) is 13.3 Å². The van der Waals surface area contributed by atoms with Crippen molar-refractivity contribution in [3.05, 3.63) is 29.8 Å². The highest BCUT2D eigenvalue weighted by Crippen LogP contribution is 2.14. The maximum Gasteiger partial charge on any atom is 0.240 e. The van der Waals surface area contributed by atoms with Crippen molar-refractivity contribution in [3.63, 3.8) is 0 Å². The molecular formula is C14H20N2O2. The first-order chi connectivity index (χ1) is 8.77. The summed E-state index contributed by atoms with van der Waals surface area (Å²) in [4.78, 5) is 11.4. The van der Waals surface area contributed by atoms with Crippen LogP contribution in [0.25, 0.3) is 0 Å². The molecule has 98 valence electrons. The summed E-state index contributed by atoms with van der Waals surface area (Å²) in [7, 11) is 1.61. The van der Waals surface area contributed by atoms with Crippen molar-refractivity contribution >= 4 is 12.1 Å². The van der Waals surface area contributed by atoms with E-state index in [1.165, 1.54) is 0 Å². The second-order valence-corrected chi connectivity index (χ2v) is 3.99. The highest BCUT2D eigenvalue weighted by Gasteiger charge is 1.99. The molecule has 4 nitrogen and oxygen atoms in total. The average molecular weight is 248 g/mol. The predicted molar refractivity (Wildman–Crippen MR) is 72.9 cm³/mol. The van der Waals surface area contributed by atoms with Gasteiger partial charge in [-0.25, -0.2) is 5.43 Å². The summed E-state index contributed by atoms with van der Waals surface area (Å²) in [6, 6.07) is 7.52. The standard InChI is InChI=1S/C14H20N2O2/c1-3-4-5-10-14(17)16-15-11-12-8-6-7-9-13(12)18-2/h6-9,11H,3-5,10H2,1-2H3,(H,16,17)/b15-11+. The first-order valence-corrected chi connectivity index (χ1v) is 6.22. The van der Waals surface area contributed by atoms with Crippen molar-refractivity contribution in [1.29, 1.82) is 0 Å². The second-order valence-electron chi connectivity index (χ2n) is 3.99. The summed E-state index contributed by atoms with van der Waals surface area (Å²) in [6.07, 6.45) is 5.21. The lowest BCUT2D eigenvalue weighted by atomic mass is 10.2. The minimum absolute atomic E-state index is 0.0467. The van der Waals surface area contributed by atoms with Gasteiger partial charge in [-0.2, -0.15) is 5.10 Å². The Kier molecular flexibility index (Phi) is 6.54. The van der Waals surface area contributed by atoms with Crippen LogP contribution < -0.4 is 10.2 Å². The number of hydrogen-bond donors (Lipinski definition) is 1. The van der Waals surface area contributed by atoms with Crippen LogP contribution in [0.3, 0.4) is 0 Å².